The average molecular weight is 415 g/mol. The van der Waals surface area contributed by atoms with Crippen LogP contribution in [0.15, 0.2) is 73.1 Å². The molecular weight excluding hydrogens is 384 g/mol. The van der Waals surface area contributed by atoms with E-state index in [1.165, 1.54) is 16.9 Å². The van der Waals surface area contributed by atoms with Crippen LogP contribution in [0.4, 0.5) is 17.1 Å². The Morgan fingerprint density at radius 2 is 1.65 bits per heavy atom. The fourth-order valence-corrected chi connectivity index (χ4v) is 4.27. The van der Waals surface area contributed by atoms with E-state index in [2.05, 4.69) is 45.2 Å². The Morgan fingerprint density at radius 1 is 0.968 bits per heavy atom. The van der Waals surface area contributed by atoms with E-state index in [1.807, 2.05) is 61.8 Å². The third kappa shape index (κ3) is 4.88. The molecule has 0 spiro atoms. The summed E-state index contributed by atoms with van der Waals surface area (Å²) in [5, 5.41) is 3.08. The van der Waals surface area contributed by atoms with Crippen LogP contribution in [0.1, 0.15) is 30.4 Å². The monoisotopic (exact) mass is 414 g/mol. The highest BCUT2D eigenvalue weighted by molar-refractivity contribution is 5.96. The number of nitrogens with one attached hydrogen (secondary N) is 1. The number of carbonyl (C=O) groups is 1. The molecule has 4 rings (SSSR count). The first-order valence-corrected chi connectivity index (χ1v) is 11.0. The van der Waals surface area contributed by atoms with Crippen molar-refractivity contribution in [3.63, 3.8) is 0 Å². The van der Waals surface area contributed by atoms with Crippen molar-refractivity contribution in [2.45, 2.75) is 26.2 Å². The number of hydrogen-bond donors (Lipinski definition) is 1. The minimum atomic E-state index is -0.134. The zero-order valence-electron chi connectivity index (χ0n) is 18.3. The molecule has 1 amide bonds. The zero-order valence-corrected chi connectivity index (χ0v) is 18.3. The Bertz CT molecular complexity index is 995. The molecule has 2 aromatic carbocycles. The summed E-state index contributed by atoms with van der Waals surface area (Å²) in [7, 11) is 0. The second-order valence-corrected chi connectivity index (χ2v) is 8.04. The van der Waals surface area contributed by atoms with Gasteiger partial charge in [0.15, 0.2) is 0 Å². The minimum Gasteiger partial charge on any atom is -0.368 e. The Kier molecular flexibility index (Phi) is 6.51. The van der Waals surface area contributed by atoms with Crippen molar-refractivity contribution in [2.24, 2.45) is 0 Å². The summed E-state index contributed by atoms with van der Waals surface area (Å²) in [5.41, 5.74) is 5.59. The Morgan fingerprint density at radius 3 is 2.29 bits per heavy atom. The molecule has 0 aliphatic carbocycles. The van der Waals surface area contributed by atoms with Crippen LogP contribution in [0.25, 0.3) is 0 Å². The maximum absolute atomic E-state index is 12.8. The van der Waals surface area contributed by atoms with Gasteiger partial charge in [-0.3, -0.25) is 9.78 Å². The maximum Gasteiger partial charge on any atom is 0.231 e. The molecule has 3 aromatic rings. The van der Waals surface area contributed by atoms with Gasteiger partial charge in [-0.25, -0.2) is 0 Å². The van der Waals surface area contributed by atoms with Crippen LogP contribution < -0.4 is 15.1 Å². The second kappa shape index (κ2) is 9.65. The van der Waals surface area contributed by atoms with Crippen molar-refractivity contribution in [3.05, 3.63) is 84.2 Å². The number of benzene rings is 2. The van der Waals surface area contributed by atoms with Crippen molar-refractivity contribution in [1.82, 2.24) is 4.98 Å². The molecule has 5 heteroatoms. The van der Waals surface area contributed by atoms with Crippen molar-refractivity contribution in [1.29, 1.82) is 0 Å². The first-order valence-electron chi connectivity index (χ1n) is 11.0. The number of rotatable bonds is 6. The van der Waals surface area contributed by atoms with E-state index >= 15 is 0 Å². The van der Waals surface area contributed by atoms with Crippen molar-refractivity contribution in [3.8, 4) is 0 Å². The van der Waals surface area contributed by atoms with E-state index in [-0.39, 0.29) is 11.8 Å². The van der Waals surface area contributed by atoms with Crippen LogP contribution in [0.5, 0.6) is 0 Å². The van der Waals surface area contributed by atoms with Gasteiger partial charge < -0.3 is 15.1 Å². The fourth-order valence-electron chi connectivity index (χ4n) is 4.27. The number of carbonyl (C=O) groups excluding carboxylic acids is 1. The van der Waals surface area contributed by atoms with Gasteiger partial charge in [-0.15, -0.1) is 0 Å². The van der Waals surface area contributed by atoms with Crippen LogP contribution in [0, 0.1) is 6.92 Å². The third-order valence-electron chi connectivity index (χ3n) is 6.04. The summed E-state index contributed by atoms with van der Waals surface area (Å²) in [5.74, 6) is -0.0895. The Hall–Kier alpha value is -3.34. The number of pyridine rings is 1. The predicted molar refractivity (Wildman–Crippen MR) is 128 cm³/mol. The first kappa shape index (κ1) is 20.9. The molecule has 2 heterocycles. The third-order valence-corrected chi connectivity index (χ3v) is 6.04. The van der Waals surface area contributed by atoms with Crippen LogP contribution in [-0.2, 0) is 4.79 Å². The predicted octanol–water partition coefficient (Wildman–Crippen LogP) is 4.85. The van der Waals surface area contributed by atoms with Gasteiger partial charge in [0.1, 0.15) is 0 Å². The quantitative estimate of drug-likeness (QED) is 0.626. The van der Waals surface area contributed by atoms with E-state index in [1.54, 1.807) is 0 Å². The lowest BCUT2D eigenvalue weighted by molar-refractivity contribution is -0.117. The smallest absolute Gasteiger partial charge is 0.231 e. The summed E-state index contributed by atoms with van der Waals surface area (Å²) < 4.78 is 0. The van der Waals surface area contributed by atoms with Gasteiger partial charge in [0.25, 0.3) is 0 Å². The molecule has 160 valence electrons. The van der Waals surface area contributed by atoms with Gasteiger partial charge in [0.05, 0.1) is 5.92 Å². The van der Waals surface area contributed by atoms with Crippen molar-refractivity contribution in [2.75, 3.05) is 41.3 Å². The fraction of sp³-hybridized carbons (Fsp3) is 0.308. The summed E-state index contributed by atoms with van der Waals surface area (Å²) in [6.45, 7) is 8.08. The molecule has 1 aliphatic rings. The molecule has 31 heavy (non-hydrogen) atoms. The molecule has 0 bridgehead atoms. The zero-order chi connectivity index (χ0) is 21.6. The number of piperazine rings is 1. The molecule has 1 aliphatic heterocycles. The molecule has 1 fully saturated rings. The van der Waals surface area contributed by atoms with Crippen LogP contribution in [-0.4, -0.2) is 37.1 Å². The second-order valence-electron chi connectivity index (χ2n) is 8.04. The van der Waals surface area contributed by atoms with Crippen molar-refractivity contribution >= 4 is 23.0 Å². The number of nitrogens with zero attached hydrogens (tertiary/aromatic N) is 3. The Balaban J connectivity index is 1.35. The minimum absolute atomic E-state index is 0.0442. The number of hydrogen-bond acceptors (Lipinski definition) is 4. The van der Waals surface area contributed by atoms with E-state index < -0.39 is 0 Å². The highest BCUT2D eigenvalue weighted by Gasteiger charge is 2.20. The number of anilines is 3. The van der Waals surface area contributed by atoms with Gasteiger partial charge in [0.2, 0.25) is 5.91 Å². The van der Waals surface area contributed by atoms with Gasteiger partial charge in [-0.2, -0.15) is 0 Å². The molecule has 1 N–H and O–H groups in total. The lowest BCUT2D eigenvalue weighted by Crippen LogP contribution is -2.46. The standard InChI is InChI=1S/C26H30N4O/c1-3-24(21-7-5-4-6-8-21)26(31)28-22-9-11-23(12-10-22)29-15-17-30(18-16-29)25-13-14-27-19-20(25)2/h4-14,19,24H,3,15-18H2,1-2H3,(H,28,31)/t24-/m0/s1. The summed E-state index contributed by atoms with van der Waals surface area (Å²) >= 11 is 0. The molecule has 1 saturated heterocycles. The number of aryl methyl sites for hydroxylation is 1. The molecule has 5 nitrogen and oxygen atoms in total. The van der Waals surface area contributed by atoms with Gasteiger partial charge in [-0.05, 0) is 54.8 Å². The molecule has 1 aromatic heterocycles. The molecule has 0 radical (unpaired) electrons. The molecule has 0 unspecified atom stereocenters. The van der Waals surface area contributed by atoms with Crippen LogP contribution >= 0.6 is 0 Å². The molecule has 1 atom stereocenters. The lowest BCUT2D eigenvalue weighted by Gasteiger charge is -2.38. The molecule has 0 saturated carbocycles. The Labute approximate surface area is 184 Å². The number of aromatic nitrogens is 1. The molecular formula is C26H30N4O. The van der Waals surface area contributed by atoms with Gasteiger partial charge in [0, 0.05) is 55.6 Å². The topological polar surface area (TPSA) is 48.5 Å². The highest BCUT2D eigenvalue weighted by atomic mass is 16.1. The summed E-state index contributed by atoms with van der Waals surface area (Å²) in [4.78, 5) is 21.8. The van der Waals surface area contributed by atoms with E-state index in [0.29, 0.717) is 0 Å². The van der Waals surface area contributed by atoms with E-state index in [0.717, 1.165) is 43.9 Å². The maximum atomic E-state index is 12.8. The van der Waals surface area contributed by atoms with E-state index in [4.69, 9.17) is 0 Å². The average Bonchev–Trinajstić information content (AvgIpc) is 2.81. The number of amides is 1. The van der Waals surface area contributed by atoms with Gasteiger partial charge in [-0.1, -0.05) is 37.3 Å². The SMILES string of the molecule is CC[C@H](C(=O)Nc1ccc(N2CCN(c3ccncc3C)CC2)cc1)c1ccccc1. The van der Waals surface area contributed by atoms with Crippen LogP contribution in [0.3, 0.4) is 0 Å². The van der Waals surface area contributed by atoms with Crippen LogP contribution in [0.2, 0.25) is 0 Å². The largest absolute Gasteiger partial charge is 0.368 e. The lowest BCUT2D eigenvalue weighted by atomic mass is 9.95. The summed E-state index contributed by atoms with van der Waals surface area (Å²) in [6.07, 6.45) is 4.56. The highest BCUT2D eigenvalue weighted by Crippen LogP contribution is 2.25. The van der Waals surface area contributed by atoms with Crippen molar-refractivity contribution < 1.29 is 4.79 Å². The normalized spacial score (nSPS) is 14.9. The van der Waals surface area contributed by atoms with E-state index in [9.17, 15) is 4.79 Å². The first-order chi connectivity index (χ1) is 15.2. The van der Waals surface area contributed by atoms with Gasteiger partial charge >= 0.3 is 0 Å². The summed E-state index contributed by atoms with van der Waals surface area (Å²) in [6, 6.07) is 20.3.